The lowest BCUT2D eigenvalue weighted by molar-refractivity contribution is -0.155. The highest BCUT2D eigenvalue weighted by Gasteiger charge is 2.26. The number of hydrogen-bond donors (Lipinski definition) is 0. The van der Waals surface area contributed by atoms with Gasteiger partial charge in [0.15, 0.2) is 6.10 Å². The van der Waals surface area contributed by atoms with Crippen molar-refractivity contribution < 1.29 is 19.1 Å². The highest BCUT2D eigenvalue weighted by molar-refractivity contribution is 5.90. The molecule has 0 N–H and O–H groups in total. The van der Waals surface area contributed by atoms with Crippen molar-refractivity contribution in [2.75, 3.05) is 37.7 Å². The summed E-state index contributed by atoms with van der Waals surface area (Å²) in [6.07, 6.45) is 2.19. The van der Waals surface area contributed by atoms with Gasteiger partial charge in [-0.2, -0.15) is 0 Å². The van der Waals surface area contributed by atoms with E-state index in [2.05, 4.69) is 17.0 Å². The van der Waals surface area contributed by atoms with Gasteiger partial charge in [-0.1, -0.05) is 30.3 Å². The van der Waals surface area contributed by atoms with Crippen LogP contribution in [0.4, 0.5) is 5.69 Å². The second kappa shape index (κ2) is 10.5. The van der Waals surface area contributed by atoms with Gasteiger partial charge in [0.05, 0.1) is 6.61 Å². The molecule has 1 heterocycles. The van der Waals surface area contributed by atoms with E-state index in [9.17, 15) is 9.59 Å². The lowest BCUT2D eigenvalue weighted by Gasteiger charge is -2.36. The number of ether oxygens (including phenoxy) is 2. The number of para-hydroxylation sites is 1. The van der Waals surface area contributed by atoms with Crippen LogP contribution in [0.25, 0.3) is 6.08 Å². The van der Waals surface area contributed by atoms with Crippen molar-refractivity contribution in [3.63, 3.8) is 0 Å². The molecule has 1 atom stereocenters. The molecule has 3 rings (SSSR count). The predicted molar refractivity (Wildman–Crippen MR) is 117 cm³/mol. The number of benzene rings is 2. The molecule has 0 aromatic heterocycles. The summed E-state index contributed by atoms with van der Waals surface area (Å²) in [4.78, 5) is 28.8. The van der Waals surface area contributed by atoms with Gasteiger partial charge in [-0.3, -0.25) is 4.79 Å². The van der Waals surface area contributed by atoms with Crippen LogP contribution in [0.3, 0.4) is 0 Å². The average Bonchev–Trinajstić information content (AvgIpc) is 2.79. The molecule has 2 aromatic carbocycles. The lowest BCUT2D eigenvalue weighted by Crippen LogP contribution is -2.51. The van der Waals surface area contributed by atoms with Gasteiger partial charge in [0.2, 0.25) is 0 Å². The van der Waals surface area contributed by atoms with Gasteiger partial charge >= 0.3 is 5.97 Å². The number of hydrogen-bond acceptors (Lipinski definition) is 5. The Balaban J connectivity index is 1.46. The van der Waals surface area contributed by atoms with Crippen LogP contribution in [0.1, 0.15) is 19.4 Å². The molecular formula is C24H28N2O4. The minimum absolute atomic E-state index is 0.162. The molecule has 6 heteroatoms. The fourth-order valence-corrected chi connectivity index (χ4v) is 3.35. The molecule has 0 aliphatic carbocycles. The zero-order chi connectivity index (χ0) is 21.3. The molecule has 1 aliphatic rings. The SMILES string of the molecule is CCOc1ccc(/C=C/C(=O)OC(C)C(=O)N2CCN(c3ccccc3)CC2)cc1. The minimum Gasteiger partial charge on any atom is -0.494 e. The first-order chi connectivity index (χ1) is 14.6. The van der Waals surface area contributed by atoms with E-state index in [4.69, 9.17) is 9.47 Å². The number of esters is 1. The molecule has 1 aliphatic heterocycles. The van der Waals surface area contributed by atoms with E-state index in [-0.39, 0.29) is 5.91 Å². The highest BCUT2D eigenvalue weighted by atomic mass is 16.5. The van der Waals surface area contributed by atoms with Gasteiger partial charge in [-0.25, -0.2) is 4.79 Å². The molecule has 6 nitrogen and oxygen atoms in total. The Labute approximate surface area is 177 Å². The van der Waals surface area contributed by atoms with Crippen LogP contribution in [0.5, 0.6) is 5.75 Å². The average molecular weight is 408 g/mol. The molecule has 1 fully saturated rings. The van der Waals surface area contributed by atoms with E-state index in [0.717, 1.165) is 30.1 Å². The Bertz CT molecular complexity index is 857. The summed E-state index contributed by atoms with van der Waals surface area (Å²) < 4.78 is 10.7. The van der Waals surface area contributed by atoms with Crippen LogP contribution in [0.15, 0.2) is 60.7 Å². The van der Waals surface area contributed by atoms with Crippen LogP contribution in [0, 0.1) is 0 Å². The number of carbonyl (C=O) groups is 2. The molecule has 0 bridgehead atoms. The van der Waals surface area contributed by atoms with Crippen molar-refractivity contribution in [1.29, 1.82) is 0 Å². The maximum absolute atomic E-state index is 12.6. The molecule has 0 radical (unpaired) electrons. The highest BCUT2D eigenvalue weighted by Crippen LogP contribution is 2.16. The van der Waals surface area contributed by atoms with Gasteiger partial charge in [0.1, 0.15) is 5.75 Å². The normalized spacial score (nSPS) is 15.1. The molecule has 30 heavy (non-hydrogen) atoms. The Kier molecular flexibility index (Phi) is 7.49. The van der Waals surface area contributed by atoms with Crippen molar-refractivity contribution in [1.82, 2.24) is 4.90 Å². The van der Waals surface area contributed by atoms with E-state index in [1.807, 2.05) is 49.4 Å². The van der Waals surface area contributed by atoms with E-state index in [0.29, 0.717) is 19.7 Å². The number of rotatable bonds is 7. The Morgan fingerprint density at radius 2 is 1.67 bits per heavy atom. The van der Waals surface area contributed by atoms with Crippen molar-refractivity contribution in [2.45, 2.75) is 20.0 Å². The number of anilines is 1. The Hall–Kier alpha value is -3.28. The minimum atomic E-state index is -0.814. The summed E-state index contributed by atoms with van der Waals surface area (Å²) in [6, 6.07) is 17.5. The van der Waals surface area contributed by atoms with Crippen LogP contribution in [0.2, 0.25) is 0 Å². The van der Waals surface area contributed by atoms with E-state index < -0.39 is 12.1 Å². The zero-order valence-electron chi connectivity index (χ0n) is 17.5. The van der Waals surface area contributed by atoms with E-state index >= 15 is 0 Å². The summed E-state index contributed by atoms with van der Waals surface area (Å²) in [6.45, 7) is 6.89. The molecule has 2 aromatic rings. The van der Waals surface area contributed by atoms with Gasteiger partial charge < -0.3 is 19.3 Å². The fourth-order valence-electron chi connectivity index (χ4n) is 3.35. The van der Waals surface area contributed by atoms with Crippen molar-refractivity contribution in [2.24, 2.45) is 0 Å². The quantitative estimate of drug-likeness (QED) is 0.519. The molecule has 1 amide bonds. The first-order valence-electron chi connectivity index (χ1n) is 10.3. The lowest BCUT2D eigenvalue weighted by atomic mass is 10.2. The molecule has 1 unspecified atom stereocenters. The number of carbonyl (C=O) groups excluding carboxylic acids is 2. The van der Waals surface area contributed by atoms with Crippen molar-refractivity contribution in [3.8, 4) is 5.75 Å². The smallest absolute Gasteiger partial charge is 0.331 e. The Morgan fingerprint density at radius 3 is 2.30 bits per heavy atom. The van der Waals surface area contributed by atoms with Crippen LogP contribution in [-0.2, 0) is 14.3 Å². The van der Waals surface area contributed by atoms with Gasteiger partial charge in [-0.05, 0) is 49.8 Å². The molecule has 0 spiro atoms. The summed E-state index contributed by atoms with van der Waals surface area (Å²) in [5.74, 6) is 0.0852. The van der Waals surface area contributed by atoms with Gasteiger partial charge in [0.25, 0.3) is 5.91 Å². The first-order valence-corrected chi connectivity index (χ1v) is 10.3. The maximum Gasteiger partial charge on any atom is 0.331 e. The topological polar surface area (TPSA) is 59.1 Å². The first kappa shape index (κ1) is 21.4. The maximum atomic E-state index is 12.6. The molecule has 158 valence electrons. The monoisotopic (exact) mass is 408 g/mol. The predicted octanol–water partition coefficient (Wildman–Crippen LogP) is 3.38. The summed E-state index contributed by atoms with van der Waals surface area (Å²) >= 11 is 0. The van der Waals surface area contributed by atoms with Crippen LogP contribution in [-0.4, -0.2) is 55.7 Å². The number of piperazine rings is 1. The third-order valence-electron chi connectivity index (χ3n) is 4.96. The summed E-state index contributed by atoms with van der Waals surface area (Å²) in [5.41, 5.74) is 2.01. The van der Waals surface area contributed by atoms with E-state index in [1.165, 1.54) is 6.08 Å². The van der Waals surface area contributed by atoms with Crippen molar-refractivity contribution in [3.05, 3.63) is 66.2 Å². The summed E-state index contributed by atoms with van der Waals surface area (Å²) in [5, 5.41) is 0. The third kappa shape index (κ3) is 5.86. The van der Waals surface area contributed by atoms with Crippen LogP contribution < -0.4 is 9.64 Å². The van der Waals surface area contributed by atoms with Gasteiger partial charge in [-0.15, -0.1) is 0 Å². The fraction of sp³-hybridized carbons (Fsp3) is 0.333. The Morgan fingerprint density at radius 1 is 1.00 bits per heavy atom. The second-order valence-electron chi connectivity index (χ2n) is 7.06. The number of amides is 1. The van der Waals surface area contributed by atoms with Crippen LogP contribution >= 0.6 is 0 Å². The standard InChI is InChI=1S/C24H28N2O4/c1-3-29-22-12-9-20(10-13-22)11-14-23(27)30-19(2)24(28)26-17-15-25(16-18-26)21-7-5-4-6-8-21/h4-14,19H,3,15-18H2,1-2H3/b14-11+. The van der Waals surface area contributed by atoms with E-state index in [1.54, 1.807) is 17.9 Å². The summed E-state index contributed by atoms with van der Waals surface area (Å²) in [7, 11) is 0. The molecule has 0 saturated carbocycles. The van der Waals surface area contributed by atoms with Crippen molar-refractivity contribution >= 4 is 23.6 Å². The molecule has 1 saturated heterocycles. The molecular weight excluding hydrogens is 380 g/mol. The zero-order valence-corrected chi connectivity index (χ0v) is 17.5. The largest absolute Gasteiger partial charge is 0.494 e. The number of nitrogens with zero attached hydrogens (tertiary/aromatic N) is 2. The second-order valence-corrected chi connectivity index (χ2v) is 7.06. The third-order valence-corrected chi connectivity index (χ3v) is 4.96. The van der Waals surface area contributed by atoms with Gasteiger partial charge in [0, 0.05) is 37.9 Å².